The summed E-state index contributed by atoms with van der Waals surface area (Å²) >= 11 is 0. The molecule has 1 aliphatic carbocycles. The summed E-state index contributed by atoms with van der Waals surface area (Å²) in [6.07, 6.45) is 5.21. The third kappa shape index (κ3) is 2.59. The van der Waals surface area contributed by atoms with E-state index >= 15 is 0 Å². The van der Waals surface area contributed by atoms with Gasteiger partial charge in [-0.2, -0.15) is 0 Å². The normalized spacial score (nSPS) is 14.5. The second kappa shape index (κ2) is 4.64. The molecule has 0 amide bonds. The third-order valence-corrected chi connectivity index (χ3v) is 2.33. The number of hydrogen-bond donors (Lipinski definition) is 1. The Hall–Kier alpha value is -1.77. The predicted octanol–water partition coefficient (Wildman–Crippen LogP) is 2.42. The molecule has 0 aliphatic heterocycles. The average Bonchev–Trinajstić information content (AvgIpc) is 2.80. The number of rotatable bonds is 3. The number of nitrogens with one attached hydrogen (secondary N) is 1. The summed E-state index contributed by atoms with van der Waals surface area (Å²) < 4.78 is 0. The van der Waals surface area contributed by atoms with Crippen molar-refractivity contribution >= 4 is 5.97 Å². The van der Waals surface area contributed by atoms with Crippen molar-refractivity contribution in [2.45, 2.75) is 19.3 Å². The summed E-state index contributed by atoms with van der Waals surface area (Å²) in [5, 5.41) is 0. The van der Waals surface area contributed by atoms with Crippen LogP contribution in [-0.4, -0.2) is 5.97 Å². The maximum absolute atomic E-state index is 11.5. The van der Waals surface area contributed by atoms with Crippen LogP contribution < -0.4 is 5.48 Å². The highest BCUT2D eigenvalue weighted by Crippen LogP contribution is 2.14. The summed E-state index contributed by atoms with van der Waals surface area (Å²) in [4.78, 5) is 16.4. The Morgan fingerprint density at radius 2 is 2.07 bits per heavy atom. The molecule has 1 aliphatic rings. The predicted molar refractivity (Wildman–Crippen MR) is 56.9 cm³/mol. The van der Waals surface area contributed by atoms with Crippen LogP contribution in [0, 0.1) is 0 Å². The Kier molecular flexibility index (Phi) is 3.02. The molecule has 0 saturated heterocycles. The van der Waals surface area contributed by atoms with Crippen molar-refractivity contribution in [3.05, 3.63) is 47.7 Å². The van der Waals surface area contributed by atoms with E-state index in [1.54, 1.807) is 12.1 Å². The summed E-state index contributed by atoms with van der Waals surface area (Å²) in [7, 11) is 0. The third-order valence-electron chi connectivity index (χ3n) is 2.33. The molecule has 0 saturated carbocycles. The van der Waals surface area contributed by atoms with Crippen LogP contribution in [0.15, 0.2) is 42.1 Å². The van der Waals surface area contributed by atoms with Crippen molar-refractivity contribution in [3.63, 3.8) is 0 Å². The molecule has 0 heterocycles. The quantitative estimate of drug-likeness (QED) is 0.767. The lowest BCUT2D eigenvalue weighted by Gasteiger charge is -2.06. The first-order valence-electron chi connectivity index (χ1n) is 5.07. The highest BCUT2D eigenvalue weighted by Gasteiger charge is 2.09. The van der Waals surface area contributed by atoms with Gasteiger partial charge < -0.3 is 4.84 Å². The van der Waals surface area contributed by atoms with Crippen LogP contribution in [0.3, 0.4) is 0 Å². The van der Waals surface area contributed by atoms with Crippen molar-refractivity contribution in [1.82, 2.24) is 5.48 Å². The zero-order valence-corrected chi connectivity index (χ0v) is 8.40. The fraction of sp³-hybridized carbons (Fsp3) is 0.250. The lowest BCUT2D eigenvalue weighted by atomic mass is 10.2. The van der Waals surface area contributed by atoms with E-state index in [4.69, 9.17) is 4.84 Å². The maximum Gasteiger partial charge on any atom is 0.362 e. The molecule has 3 heteroatoms. The highest BCUT2D eigenvalue weighted by atomic mass is 16.7. The van der Waals surface area contributed by atoms with Crippen LogP contribution in [0.2, 0.25) is 0 Å². The molecule has 0 bridgehead atoms. The number of allylic oxidation sites excluding steroid dienone is 2. The molecule has 3 nitrogen and oxygen atoms in total. The fourth-order valence-electron chi connectivity index (χ4n) is 1.51. The van der Waals surface area contributed by atoms with Crippen LogP contribution in [0.4, 0.5) is 0 Å². The van der Waals surface area contributed by atoms with E-state index in [1.165, 1.54) is 0 Å². The Morgan fingerprint density at radius 3 is 2.73 bits per heavy atom. The Bertz CT molecular complexity index is 370. The van der Waals surface area contributed by atoms with Gasteiger partial charge in [0.1, 0.15) is 0 Å². The number of benzene rings is 1. The van der Waals surface area contributed by atoms with Crippen LogP contribution in [0.25, 0.3) is 0 Å². The largest absolute Gasteiger partial charge is 0.362 e. The van der Waals surface area contributed by atoms with Gasteiger partial charge in [0.15, 0.2) is 0 Å². The van der Waals surface area contributed by atoms with Crippen LogP contribution in [-0.2, 0) is 4.84 Å². The number of hydrogen-bond acceptors (Lipinski definition) is 3. The second-order valence-corrected chi connectivity index (χ2v) is 3.48. The molecule has 78 valence electrons. The Labute approximate surface area is 88.7 Å². The zero-order chi connectivity index (χ0) is 10.5. The highest BCUT2D eigenvalue weighted by molar-refractivity contribution is 5.89. The average molecular weight is 203 g/mol. The molecule has 0 radical (unpaired) electrons. The minimum Gasteiger partial charge on any atom is -0.338 e. The van der Waals surface area contributed by atoms with E-state index < -0.39 is 0 Å². The first kappa shape index (κ1) is 9.77. The lowest BCUT2D eigenvalue weighted by molar-refractivity contribution is 0.0320. The smallest absolute Gasteiger partial charge is 0.338 e. The van der Waals surface area contributed by atoms with E-state index in [1.807, 2.05) is 18.2 Å². The van der Waals surface area contributed by atoms with Gasteiger partial charge >= 0.3 is 5.97 Å². The van der Waals surface area contributed by atoms with Gasteiger partial charge in [0, 0.05) is 5.70 Å². The number of carbonyl (C=O) groups excluding carboxylic acids is 1. The van der Waals surface area contributed by atoms with Crippen LogP contribution >= 0.6 is 0 Å². The van der Waals surface area contributed by atoms with Gasteiger partial charge in [-0.3, -0.25) is 0 Å². The van der Waals surface area contributed by atoms with Gasteiger partial charge in [-0.15, -0.1) is 0 Å². The lowest BCUT2D eigenvalue weighted by Crippen LogP contribution is -2.18. The molecule has 1 aromatic carbocycles. The van der Waals surface area contributed by atoms with Crippen molar-refractivity contribution in [1.29, 1.82) is 0 Å². The van der Waals surface area contributed by atoms with E-state index in [0.717, 1.165) is 25.0 Å². The molecular weight excluding hydrogens is 190 g/mol. The number of carbonyl (C=O) groups is 1. The standard InChI is InChI=1S/C12H13NO2/c14-12(10-6-2-1-3-7-10)15-13-11-8-4-5-9-11/h1-3,6-8,13H,4-5,9H2. The molecule has 0 unspecified atom stereocenters. The van der Waals surface area contributed by atoms with Crippen molar-refractivity contribution < 1.29 is 9.63 Å². The molecule has 2 rings (SSSR count). The van der Waals surface area contributed by atoms with Crippen molar-refractivity contribution in [2.24, 2.45) is 0 Å². The number of hydroxylamine groups is 1. The first-order chi connectivity index (χ1) is 7.36. The van der Waals surface area contributed by atoms with Crippen LogP contribution in [0.5, 0.6) is 0 Å². The Morgan fingerprint density at radius 1 is 1.27 bits per heavy atom. The molecule has 0 aromatic heterocycles. The van der Waals surface area contributed by atoms with E-state index in [0.29, 0.717) is 5.56 Å². The monoisotopic (exact) mass is 203 g/mol. The van der Waals surface area contributed by atoms with Gasteiger partial charge in [0.05, 0.1) is 5.56 Å². The molecule has 1 aromatic rings. The zero-order valence-electron chi connectivity index (χ0n) is 8.40. The van der Waals surface area contributed by atoms with Gasteiger partial charge in [0.2, 0.25) is 0 Å². The maximum atomic E-state index is 11.5. The molecule has 0 atom stereocenters. The SMILES string of the molecule is O=C(ONC1=CCCC1)c1ccccc1. The second-order valence-electron chi connectivity index (χ2n) is 3.48. The molecular formula is C12H13NO2. The topological polar surface area (TPSA) is 38.3 Å². The molecule has 0 fully saturated rings. The van der Waals surface area contributed by atoms with E-state index in [-0.39, 0.29) is 5.97 Å². The first-order valence-corrected chi connectivity index (χ1v) is 5.07. The fourth-order valence-corrected chi connectivity index (χ4v) is 1.51. The molecule has 0 spiro atoms. The van der Waals surface area contributed by atoms with Crippen molar-refractivity contribution in [3.8, 4) is 0 Å². The summed E-state index contributed by atoms with van der Waals surface area (Å²) in [6.45, 7) is 0. The van der Waals surface area contributed by atoms with Gasteiger partial charge in [-0.25, -0.2) is 10.3 Å². The van der Waals surface area contributed by atoms with E-state index in [2.05, 4.69) is 11.6 Å². The minimum absolute atomic E-state index is 0.344. The summed E-state index contributed by atoms with van der Waals surface area (Å²) in [5.41, 5.74) is 4.25. The molecule has 1 N–H and O–H groups in total. The Balaban J connectivity index is 1.87. The van der Waals surface area contributed by atoms with Crippen molar-refractivity contribution in [2.75, 3.05) is 0 Å². The van der Waals surface area contributed by atoms with Gasteiger partial charge in [-0.05, 0) is 31.4 Å². The minimum atomic E-state index is -0.344. The van der Waals surface area contributed by atoms with E-state index in [9.17, 15) is 4.79 Å². The van der Waals surface area contributed by atoms with Gasteiger partial charge in [0.25, 0.3) is 0 Å². The molecule has 15 heavy (non-hydrogen) atoms. The van der Waals surface area contributed by atoms with Crippen LogP contribution in [0.1, 0.15) is 29.6 Å². The van der Waals surface area contributed by atoms with Gasteiger partial charge in [-0.1, -0.05) is 24.3 Å². The summed E-state index contributed by atoms with van der Waals surface area (Å²) in [5.74, 6) is -0.344. The summed E-state index contributed by atoms with van der Waals surface area (Å²) in [6, 6.07) is 8.95.